The summed E-state index contributed by atoms with van der Waals surface area (Å²) in [6.07, 6.45) is 1.11. The van der Waals surface area contributed by atoms with Crippen molar-refractivity contribution in [1.29, 1.82) is 0 Å². The molecule has 3 N–H and O–H groups in total. The number of nitrogens with two attached hydrogens (primary N) is 1. The molecular weight excluding hydrogens is 240 g/mol. The molecule has 0 saturated heterocycles. The van der Waals surface area contributed by atoms with Crippen molar-refractivity contribution >= 4 is 24.0 Å². The molecule has 0 aliphatic rings. The topological polar surface area (TPSA) is 46.2 Å². The van der Waals surface area contributed by atoms with Crippen LogP contribution in [-0.2, 0) is 0 Å². The van der Waals surface area contributed by atoms with E-state index in [1.807, 2.05) is 0 Å². The first-order chi connectivity index (χ1) is 6.66. The predicted molar refractivity (Wildman–Crippen MR) is 61.9 cm³/mol. The van der Waals surface area contributed by atoms with Crippen LogP contribution in [0.5, 0.6) is 0 Å². The fraction of sp³-hybridized carbons (Fsp3) is 0.400. The molecule has 0 bridgehead atoms. The Bertz CT molecular complexity index is 309. The van der Waals surface area contributed by atoms with Crippen LogP contribution in [0.4, 0.5) is 4.39 Å². The average molecular weight is 254 g/mol. The zero-order valence-electron chi connectivity index (χ0n) is 8.12. The Morgan fingerprint density at radius 1 is 1.47 bits per heavy atom. The van der Waals surface area contributed by atoms with E-state index in [0.29, 0.717) is 18.4 Å². The molecule has 86 valence electrons. The lowest BCUT2D eigenvalue weighted by molar-refractivity contribution is 0.279. The summed E-state index contributed by atoms with van der Waals surface area (Å²) >= 11 is 5.61. The number of hydrogen-bond donors (Lipinski definition) is 2. The number of aliphatic hydroxyl groups is 1. The van der Waals surface area contributed by atoms with Gasteiger partial charge in [0, 0.05) is 18.2 Å². The van der Waals surface area contributed by atoms with Crippen molar-refractivity contribution < 1.29 is 9.50 Å². The summed E-state index contributed by atoms with van der Waals surface area (Å²) in [6.45, 7) is 0.0654. The van der Waals surface area contributed by atoms with Crippen molar-refractivity contribution in [3.05, 3.63) is 34.6 Å². The first-order valence-electron chi connectivity index (χ1n) is 4.47. The zero-order valence-corrected chi connectivity index (χ0v) is 9.69. The maximum Gasteiger partial charge on any atom is 0.146 e. The highest BCUT2D eigenvalue weighted by Gasteiger charge is 2.12. The van der Waals surface area contributed by atoms with Gasteiger partial charge in [-0.05, 0) is 18.9 Å². The van der Waals surface area contributed by atoms with Gasteiger partial charge in [0.1, 0.15) is 5.82 Å². The third kappa shape index (κ3) is 3.95. The summed E-state index contributed by atoms with van der Waals surface area (Å²) in [5.41, 5.74) is 6.15. The summed E-state index contributed by atoms with van der Waals surface area (Å²) in [4.78, 5) is 0. The van der Waals surface area contributed by atoms with Gasteiger partial charge in [0.25, 0.3) is 0 Å². The molecule has 5 heteroatoms. The summed E-state index contributed by atoms with van der Waals surface area (Å²) in [6, 6.07) is 4.36. The van der Waals surface area contributed by atoms with E-state index in [1.165, 1.54) is 6.07 Å². The molecular formula is C10H14Cl2FNO. The quantitative estimate of drug-likeness (QED) is 0.867. The van der Waals surface area contributed by atoms with Crippen LogP contribution in [0.3, 0.4) is 0 Å². The fourth-order valence-electron chi connectivity index (χ4n) is 1.27. The predicted octanol–water partition coefficient (Wildman–Crippen LogP) is 2.67. The van der Waals surface area contributed by atoms with Gasteiger partial charge in [-0.2, -0.15) is 0 Å². The van der Waals surface area contributed by atoms with Gasteiger partial charge in [0.2, 0.25) is 0 Å². The molecule has 0 aliphatic carbocycles. The molecule has 0 aliphatic heterocycles. The molecule has 1 aromatic carbocycles. The lowest BCUT2D eigenvalue weighted by Crippen LogP contribution is -2.12. The van der Waals surface area contributed by atoms with Crippen molar-refractivity contribution in [3.63, 3.8) is 0 Å². The molecule has 0 heterocycles. The molecule has 0 spiro atoms. The van der Waals surface area contributed by atoms with Gasteiger partial charge in [-0.25, -0.2) is 4.39 Å². The third-order valence-corrected chi connectivity index (χ3v) is 2.35. The van der Waals surface area contributed by atoms with Crippen LogP contribution in [0.25, 0.3) is 0 Å². The Morgan fingerprint density at radius 3 is 2.73 bits per heavy atom. The Balaban J connectivity index is 0.00000196. The highest BCUT2D eigenvalue weighted by Crippen LogP contribution is 2.24. The fourth-order valence-corrected chi connectivity index (χ4v) is 1.46. The van der Waals surface area contributed by atoms with Crippen LogP contribution in [-0.4, -0.2) is 11.7 Å². The lowest BCUT2D eigenvalue weighted by atomic mass is 10.0. The summed E-state index contributed by atoms with van der Waals surface area (Å²) in [5.74, 6) is -0.459. The first kappa shape index (κ1) is 14.6. The smallest absolute Gasteiger partial charge is 0.146 e. The molecule has 2 nitrogen and oxygen atoms in total. The average Bonchev–Trinajstić information content (AvgIpc) is 2.18. The molecule has 0 aromatic heterocycles. The van der Waals surface area contributed by atoms with Gasteiger partial charge in [-0.3, -0.25) is 0 Å². The van der Waals surface area contributed by atoms with E-state index >= 15 is 0 Å². The Kier molecular flexibility index (Phi) is 6.85. The number of halogens is 3. The van der Waals surface area contributed by atoms with Crippen LogP contribution in [0.1, 0.15) is 24.4 Å². The number of hydrogen-bond acceptors (Lipinski definition) is 2. The highest BCUT2D eigenvalue weighted by molar-refractivity contribution is 6.30. The molecule has 0 amide bonds. The second-order valence-corrected chi connectivity index (χ2v) is 3.52. The molecule has 0 radical (unpaired) electrons. The minimum absolute atomic E-state index is 0. The van der Waals surface area contributed by atoms with Crippen LogP contribution >= 0.6 is 24.0 Å². The third-order valence-electron chi connectivity index (χ3n) is 2.05. The summed E-state index contributed by atoms with van der Waals surface area (Å²) in [5, 5.41) is 8.70. The Labute approximate surface area is 99.6 Å². The van der Waals surface area contributed by atoms with Crippen LogP contribution < -0.4 is 5.73 Å². The molecule has 0 saturated carbocycles. The zero-order chi connectivity index (χ0) is 10.6. The van der Waals surface area contributed by atoms with Crippen LogP contribution in [0, 0.1) is 5.82 Å². The molecule has 15 heavy (non-hydrogen) atoms. The van der Waals surface area contributed by atoms with Gasteiger partial charge < -0.3 is 10.8 Å². The van der Waals surface area contributed by atoms with E-state index in [9.17, 15) is 4.39 Å². The Hall–Kier alpha value is -0.350. The van der Waals surface area contributed by atoms with E-state index in [-0.39, 0.29) is 24.0 Å². The van der Waals surface area contributed by atoms with Crippen molar-refractivity contribution in [1.82, 2.24) is 0 Å². The van der Waals surface area contributed by atoms with Crippen molar-refractivity contribution in [2.45, 2.75) is 18.9 Å². The first-order valence-corrected chi connectivity index (χ1v) is 4.85. The number of aliphatic hydroxyl groups excluding tert-OH is 1. The molecule has 1 aromatic rings. The highest BCUT2D eigenvalue weighted by atomic mass is 35.5. The van der Waals surface area contributed by atoms with Gasteiger partial charge >= 0.3 is 0 Å². The van der Waals surface area contributed by atoms with Gasteiger partial charge in [0.15, 0.2) is 0 Å². The SMILES string of the molecule is Cl.N[C@H](CCCO)c1cccc(Cl)c1F. The van der Waals surface area contributed by atoms with Crippen LogP contribution in [0.15, 0.2) is 18.2 Å². The van der Waals surface area contributed by atoms with E-state index in [2.05, 4.69) is 0 Å². The van der Waals surface area contributed by atoms with Crippen molar-refractivity contribution in [3.8, 4) is 0 Å². The summed E-state index contributed by atoms with van der Waals surface area (Å²) in [7, 11) is 0. The summed E-state index contributed by atoms with van der Waals surface area (Å²) < 4.78 is 13.4. The maximum absolute atomic E-state index is 13.4. The van der Waals surface area contributed by atoms with Gasteiger partial charge in [0.05, 0.1) is 5.02 Å². The van der Waals surface area contributed by atoms with E-state index in [4.69, 9.17) is 22.4 Å². The van der Waals surface area contributed by atoms with E-state index in [1.54, 1.807) is 12.1 Å². The number of benzene rings is 1. The molecule has 1 rings (SSSR count). The van der Waals surface area contributed by atoms with Crippen molar-refractivity contribution in [2.24, 2.45) is 5.73 Å². The van der Waals surface area contributed by atoms with Gasteiger partial charge in [-0.1, -0.05) is 23.7 Å². The Morgan fingerprint density at radius 2 is 2.13 bits per heavy atom. The van der Waals surface area contributed by atoms with E-state index in [0.717, 1.165) is 0 Å². The normalized spacial score (nSPS) is 12.0. The molecule has 0 fully saturated rings. The van der Waals surface area contributed by atoms with Gasteiger partial charge in [-0.15, -0.1) is 12.4 Å². The standard InChI is InChI=1S/C10H13ClFNO.ClH/c11-8-4-1-3-7(10(8)12)9(13)5-2-6-14;/h1,3-4,9,14H,2,5-6,13H2;1H/t9-;/m1./s1. The van der Waals surface area contributed by atoms with Crippen LogP contribution in [0.2, 0.25) is 5.02 Å². The molecule has 1 atom stereocenters. The minimum atomic E-state index is -0.459. The van der Waals surface area contributed by atoms with Crippen molar-refractivity contribution in [2.75, 3.05) is 6.61 Å². The monoisotopic (exact) mass is 253 g/mol. The number of rotatable bonds is 4. The van der Waals surface area contributed by atoms with E-state index < -0.39 is 11.9 Å². The largest absolute Gasteiger partial charge is 0.396 e. The molecule has 0 unspecified atom stereocenters. The second-order valence-electron chi connectivity index (χ2n) is 3.12. The maximum atomic E-state index is 13.4. The second kappa shape index (κ2) is 7.01. The lowest BCUT2D eigenvalue weighted by Gasteiger charge is -2.12. The minimum Gasteiger partial charge on any atom is -0.396 e.